The summed E-state index contributed by atoms with van der Waals surface area (Å²) < 4.78 is 5.53. The Labute approximate surface area is 246 Å². The van der Waals surface area contributed by atoms with Crippen molar-refractivity contribution in [2.75, 3.05) is 0 Å². The Morgan fingerprint density at radius 3 is 2.52 bits per heavy atom. The second-order valence-electron chi connectivity index (χ2n) is 13.8. The summed E-state index contributed by atoms with van der Waals surface area (Å²) in [6, 6.07) is 6.06. The summed E-state index contributed by atoms with van der Waals surface area (Å²) >= 11 is 1.32. The number of carbonyl (C=O) groups is 1. The summed E-state index contributed by atoms with van der Waals surface area (Å²) in [5.74, 6) is 3.86. The molecule has 1 unspecified atom stereocenters. The van der Waals surface area contributed by atoms with Gasteiger partial charge in [0.25, 0.3) is 0 Å². The molecule has 0 radical (unpaired) electrons. The zero-order valence-corrected chi connectivity index (χ0v) is 25.8. The van der Waals surface area contributed by atoms with Gasteiger partial charge in [0, 0.05) is 17.4 Å². The van der Waals surface area contributed by atoms with Crippen molar-refractivity contribution in [1.29, 1.82) is 0 Å². The van der Waals surface area contributed by atoms with E-state index in [1.807, 2.05) is 0 Å². The first-order chi connectivity index (χ1) is 19.2. The molecule has 0 heterocycles. The van der Waals surface area contributed by atoms with Gasteiger partial charge in [-0.2, -0.15) is 5.23 Å². The number of quaternary nitrogens is 1. The molecule has 1 aromatic carbocycles. The average molecular weight is 570 g/mol. The molecule has 5 rings (SSSR count). The number of fused-ring (bicyclic) bond motifs is 5. The number of hydrogen-bond donors (Lipinski definition) is 2. The number of thioether (sulfide) groups is 1. The number of benzene rings is 1. The number of nitrogens with one attached hydrogen (secondary N) is 1. The molecule has 0 amide bonds. The maximum absolute atomic E-state index is 12.7. The van der Waals surface area contributed by atoms with E-state index in [0.717, 1.165) is 36.5 Å². The van der Waals surface area contributed by atoms with Crippen molar-refractivity contribution >= 4 is 22.8 Å². The maximum atomic E-state index is 12.7. The molecule has 4 aliphatic carbocycles. The second kappa shape index (κ2) is 12.9. The Hall–Kier alpha value is -1.34. The van der Waals surface area contributed by atoms with Crippen LogP contribution in [0.25, 0.3) is 0 Å². The van der Waals surface area contributed by atoms with E-state index in [2.05, 4.69) is 26.8 Å². The number of rotatable bonds is 10. The summed E-state index contributed by atoms with van der Waals surface area (Å²) in [5, 5.41) is 19.1. The van der Waals surface area contributed by atoms with Gasteiger partial charge in [-0.3, -0.25) is 0 Å². The van der Waals surface area contributed by atoms with Crippen LogP contribution in [-0.2, 0) is 0 Å². The quantitative estimate of drug-likeness (QED) is 0.127. The van der Waals surface area contributed by atoms with Crippen molar-refractivity contribution in [3.8, 4) is 5.75 Å². The smallest absolute Gasteiger partial charge is 0.372 e. The predicted octanol–water partition coefficient (Wildman–Crippen LogP) is 9.02. The van der Waals surface area contributed by atoms with E-state index in [0.29, 0.717) is 11.2 Å². The lowest BCUT2D eigenvalue weighted by atomic mass is 9.47. The number of carbonyl (C=O) groups excluding carboxylic acids is 1. The minimum Gasteiger partial charge on any atom is -0.595 e. The Morgan fingerprint density at radius 2 is 1.77 bits per heavy atom. The molecule has 0 aliphatic heterocycles. The fourth-order valence-electron chi connectivity index (χ4n) is 9.40. The monoisotopic (exact) mass is 569 g/mol. The minimum absolute atomic E-state index is 0.190. The van der Waals surface area contributed by atoms with E-state index in [4.69, 9.17) is 9.94 Å². The first kappa shape index (κ1) is 30.1. The fourth-order valence-corrected chi connectivity index (χ4v) is 10.3. The first-order valence-electron chi connectivity index (χ1n) is 16.2. The van der Waals surface area contributed by atoms with Crippen LogP contribution in [0.1, 0.15) is 117 Å². The molecule has 8 atom stereocenters. The predicted molar refractivity (Wildman–Crippen MR) is 163 cm³/mol. The van der Waals surface area contributed by atoms with E-state index in [1.54, 1.807) is 17.7 Å². The second-order valence-corrected chi connectivity index (χ2v) is 15.0. The third kappa shape index (κ3) is 6.21. The Kier molecular flexibility index (Phi) is 9.71. The van der Waals surface area contributed by atoms with Gasteiger partial charge in [-0.15, -0.1) is 0 Å². The molecule has 3 saturated carbocycles. The van der Waals surface area contributed by atoms with Crippen LogP contribution in [0.3, 0.4) is 0 Å². The number of ether oxygens (including phenoxy) is 1. The summed E-state index contributed by atoms with van der Waals surface area (Å²) in [6.07, 6.45) is 22.6. The molecule has 2 N–H and O–H groups in total. The van der Waals surface area contributed by atoms with Crippen molar-refractivity contribution in [2.45, 2.75) is 122 Å². The molecule has 0 spiro atoms. The van der Waals surface area contributed by atoms with E-state index >= 15 is 0 Å². The van der Waals surface area contributed by atoms with Gasteiger partial charge in [0.1, 0.15) is 5.75 Å². The van der Waals surface area contributed by atoms with Crippen LogP contribution in [0.4, 0.5) is 10.5 Å². The molecule has 0 aromatic heterocycles. The lowest BCUT2D eigenvalue weighted by molar-refractivity contribution is -0.991. The normalized spacial score (nSPS) is 35.7. The number of hydrogen-bond acceptors (Lipinski definition) is 5. The molecule has 40 heavy (non-hydrogen) atoms. The molecule has 5 nitrogen and oxygen atoms in total. The highest BCUT2D eigenvalue weighted by Crippen LogP contribution is 2.67. The molecule has 4 aliphatic rings. The van der Waals surface area contributed by atoms with E-state index in [-0.39, 0.29) is 21.7 Å². The summed E-state index contributed by atoms with van der Waals surface area (Å²) in [7, 11) is 0. The molecule has 222 valence electrons. The molecule has 6 heteroatoms. The fraction of sp³-hybridized carbons (Fsp3) is 0.735. The molecular formula is C34H51NO4S. The van der Waals surface area contributed by atoms with Crippen LogP contribution in [0.5, 0.6) is 5.75 Å². The highest BCUT2D eigenvalue weighted by molar-refractivity contribution is 8.13. The lowest BCUT2D eigenvalue weighted by Gasteiger charge is -2.58. The molecular weight excluding hydrogens is 518 g/mol. The molecule has 0 bridgehead atoms. The Balaban J connectivity index is 1.16. The maximum Gasteiger partial charge on any atom is 0.372 e. The van der Waals surface area contributed by atoms with Crippen molar-refractivity contribution in [2.24, 2.45) is 34.5 Å². The van der Waals surface area contributed by atoms with Gasteiger partial charge in [-0.1, -0.05) is 70.9 Å². The van der Waals surface area contributed by atoms with Gasteiger partial charge >= 0.3 is 5.30 Å². The number of unbranched alkanes of at least 4 members (excludes halogenated alkanes) is 5. The summed E-state index contributed by atoms with van der Waals surface area (Å²) in [5.41, 5.74) is 2.62. The van der Waals surface area contributed by atoms with E-state index in [9.17, 15) is 10.0 Å². The van der Waals surface area contributed by atoms with Gasteiger partial charge in [0.2, 0.25) is 0 Å². The highest BCUT2D eigenvalue weighted by Gasteiger charge is 2.58. The van der Waals surface area contributed by atoms with Crippen LogP contribution in [0.15, 0.2) is 35.9 Å². The van der Waals surface area contributed by atoms with Crippen LogP contribution in [0, 0.1) is 39.7 Å². The largest absolute Gasteiger partial charge is 0.595 e. The SMILES string of the molecule is CCCCCCCC[C@H]1CC[C@H]2[C@@H]3CC=C4C[C@@H](SC(=O)Oc5ccc([NH+]([O-])O)cc5)CC[C@]4(C)[C@H]3CC[C@]12C. The Morgan fingerprint density at radius 1 is 1.02 bits per heavy atom. The first-order valence-corrected chi connectivity index (χ1v) is 17.0. The standard InChI is InChI=1S/C34H51NO4S/c1-4-5-6-7-8-9-10-24-12-18-30-29-17-11-25-23-28(19-21-34(25,3)31(29)20-22-33(24,30)2)40-32(36)39-27-15-13-26(14-16-27)35(37)38/h11,13-16,24,28-31,35,37H,4-10,12,17-23H2,1-3H3/t24-,28-,29-,30-,31-,33+,34-/m0/s1. The van der Waals surface area contributed by atoms with Gasteiger partial charge < -0.3 is 9.94 Å². The topological polar surface area (TPSA) is 74.0 Å². The van der Waals surface area contributed by atoms with Crippen molar-refractivity contribution in [1.82, 2.24) is 0 Å². The number of allylic oxidation sites excluding steroid dienone is 2. The Bertz CT molecular complexity index is 1040. The van der Waals surface area contributed by atoms with Crippen molar-refractivity contribution in [3.63, 3.8) is 0 Å². The van der Waals surface area contributed by atoms with Crippen molar-refractivity contribution in [3.05, 3.63) is 41.1 Å². The van der Waals surface area contributed by atoms with Crippen LogP contribution in [-0.4, -0.2) is 15.8 Å². The minimum atomic E-state index is -0.982. The summed E-state index contributed by atoms with van der Waals surface area (Å²) in [4.78, 5) is 12.7. The van der Waals surface area contributed by atoms with Gasteiger partial charge in [0.05, 0.1) is 0 Å². The van der Waals surface area contributed by atoms with Gasteiger partial charge in [-0.25, -0.2) is 10.0 Å². The molecule has 1 aromatic rings. The third-order valence-corrected chi connectivity index (χ3v) is 12.7. The zero-order chi connectivity index (χ0) is 28.3. The van der Waals surface area contributed by atoms with Crippen molar-refractivity contribution < 1.29 is 20.0 Å². The van der Waals surface area contributed by atoms with Gasteiger partial charge in [0.15, 0.2) is 5.69 Å². The average Bonchev–Trinajstić information content (AvgIpc) is 3.27. The molecule has 0 saturated heterocycles. The summed E-state index contributed by atoms with van der Waals surface area (Å²) in [6.45, 7) is 7.51. The lowest BCUT2D eigenvalue weighted by Crippen LogP contribution is -2.99. The zero-order valence-electron chi connectivity index (χ0n) is 25.0. The van der Waals surface area contributed by atoms with Crippen LogP contribution >= 0.6 is 11.8 Å². The van der Waals surface area contributed by atoms with E-state index < -0.39 is 5.23 Å². The third-order valence-electron chi connectivity index (χ3n) is 11.7. The van der Waals surface area contributed by atoms with E-state index in [1.165, 1.54) is 107 Å². The molecule has 3 fully saturated rings. The van der Waals surface area contributed by atoms with Gasteiger partial charge in [-0.05, 0) is 116 Å². The van der Waals surface area contributed by atoms with Crippen LogP contribution < -0.4 is 9.96 Å². The van der Waals surface area contributed by atoms with Crippen LogP contribution in [0.2, 0.25) is 0 Å². The highest BCUT2D eigenvalue weighted by atomic mass is 32.2.